The molecule has 2 aliphatic rings. The molecule has 0 amide bonds. The van der Waals surface area contributed by atoms with Crippen LogP contribution in [0, 0.1) is 23.5 Å². The lowest BCUT2D eigenvalue weighted by Gasteiger charge is -2.34. The van der Waals surface area contributed by atoms with Gasteiger partial charge in [-0.15, -0.1) is 37.2 Å². The van der Waals surface area contributed by atoms with Crippen LogP contribution in [0.4, 0.5) is 14.7 Å². The molecule has 1 saturated heterocycles. The number of halogens is 6. The van der Waals surface area contributed by atoms with Crippen LogP contribution in [0.2, 0.25) is 5.02 Å². The highest BCUT2D eigenvalue weighted by atomic mass is 35.5. The summed E-state index contributed by atoms with van der Waals surface area (Å²) in [6, 6.07) is 9.14. The van der Waals surface area contributed by atoms with Crippen molar-refractivity contribution < 1.29 is 13.5 Å². The van der Waals surface area contributed by atoms with Gasteiger partial charge in [0.15, 0.2) is 0 Å². The molecule has 234 valence electrons. The lowest BCUT2D eigenvalue weighted by molar-refractivity contribution is 0.222. The van der Waals surface area contributed by atoms with Gasteiger partial charge in [0.2, 0.25) is 5.95 Å². The molecular weight excluding hydrogens is 640 g/mol. The third kappa shape index (κ3) is 7.63. The number of nitrogens with two attached hydrogens (primary N) is 1. The predicted octanol–water partition coefficient (Wildman–Crippen LogP) is 7.01. The van der Waals surface area contributed by atoms with Crippen LogP contribution in [0.5, 0.6) is 5.75 Å². The summed E-state index contributed by atoms with van der Waals surface area (Å²) in [5.41, 5.74) is 8.56. The molecule has 1 fully saturated rings. The molecule has 4 heterocycles. The maximum atomic E-state index is 14.5. The molecule has 3 atom stereocenters. The summed E-state index contributed by atoms with van der Waals surface area (Å²) in [6.07, 6.45) is 6.91. The average molecular weight is 676 g/mol. The van der Waals surface area contributed by atoms with Crippen molar-refractivity contribution in [2.45, 2.75) is 51.1 Å². The first-order valence-corrected chi connectivity index (χ1v) is 14.3. The number of anilines is 1. The fourth-order valence-corrected chi connectivity index (χ4v) is 6.27. The number of ether oxygens (including phenoxy) is 1. The monoisotopic (exact) mass is 674 g/mol. The Bertz CT molecular complexity index is 1500. The van der Waals surface area contributed by atoms with Crippen LogP contribution in [0.1, 0.15) is 43.5 Å². The van der Waals surface area contributed by atoms with Crippen LogP contribution in [-0.4, -0.2) is 45.3 Å². The molecule has 13 heteroatoms. The summed E-state index contributed by atoms with van der Waals surface area (Å²) in [5.74, 6) is 2.30. The molecule has 43 heavy (non-hydrogen) atoms. The molecule has 2 N–H and O–H groups in total. The Kier molecular flexibility index (Phi) is 12.3. The topological polar surface area (TPSA) is 82.1 Å². The van der Waals surface area contributed by atoms with E-state index in [1.807, 2.05) is 18.2 Å². The van der Waals surface area contributed by atoms with E-state index in [0.29, 0.717) is 42.0 Å². The highest BCUT2D eigenvalue weighted by molar-refractivity contribution is 6.30. The van der Waals surface area contributed by atoms with Gasteiger partial charge >= 0.3 is 0 Å². The second-order valence-electron chi connectivity index (χ2n) is 11.1. The molecule has 0 aliphatic carbocycles. The van der Waals surface area contributed by atoms with Gasteiger partial charge in [-0.25, -0.2) is 23.7 Å². The molecule has 7 nitrogen and oxygen atoms in total. The first kappa shape index (κ1) is 35.1. The minimum atomic E-state index is -0.461. The summed E-state index contributed by atoms with van der Waals surface area (Å²) < 4.78 is 36.5. The van der Waals surface area contributed by atoms with Crippen LogP contribution < -0.4 is 15.4 Å². The normalized spacial score (nSPS) is 19.0. The number of benzene rings is 2. The number of fused-ring (bicyclic) bond motifs is 3. The van der Waals surface area contributed by atoms with Gasteiger partial charge in [0, 0.05) is 44.1 Å². The van der Waals surface area contributed by atoms with Gasteiger partial charge < -0.3 is 19.9 Å². The Morgan fingerprint density at radius 2 is 1.77 bits per heavy atom. The van der Waals surface area contributed by atoms with Crippen molar-refractivity contribution in [1.82, 2.24) is 19.5 Å². The highest BCUT2D eigenvalue weighted by Crippen LogP contribution is 2.34. The predicted molar refractivity (Wildman–Crippen MR) is 174 cm³/mol. The van der Waals surface area contributed by atoms with Crippen molar-refractivity contribution in [3.05, 3.63) is 76.8 Å². The van der Waals surface area contributed by atoms with Gasteiger partial charge in [-0.1, -0.05) is 18.5 Å². The van der Waals surface area contributed by atoms with Crippen molar-refractivity contribution in [2.24, 2.45) is 17.6 Å². The smallest absolute Gasteiger partial charge is 0.225 e. The van der Waals surface area contributed by atoms with E-state index in [1.54, 1.807) is 12.4 Å². The largest absolute Gasteiger partial charge is 0.494 e. The minimum absolute atomic E-state index is 0. The molecule has 0 radical (unpaired) electrons. The molecule has 2 aromatic carbocycles. The lowest BCUT2D eigenvalue weighted by atomic mass is 9.84. The Hall–Kier alpha value is -2.43. The van der Waals surface area contributed by atoms with Crippen molar-refractivity contribution >= 4 is 65.8 Å². The van der Waals surface area contributed by atoms with Gasteiger partial charge in [0.25, 0.3) is 0 Å². The lowest BCUT2D eigenvalue weighted by Crippen LogP contribution is -2.39. The van der Waals surface area contributed by atoms with Crippen LogP contribution in [-0.2, 0) is 13.0 Å². The zero-order valence-corrected chi connectivity index (χ0v) is 26.9. The highest BCUT2D eigenvalue weighted by Gasteiger charge is 2.31. The summed E-state index contributed by atoms with van der Waals surface area (Å²) in [5, 5.41) is 0.550. The van der Waals surface area contributed by atoms with Crippen LogP contribution >= 0.6 is 48.8 Å². The molecule has 2 aromatic heterocycles. The van der Waals surface area contributed by atoms with E-state index >= 15 is 0 Å². The van der Waals surface area contributed by atoms with Gasteiger partial charge in [-0.05, 0) is 67.0 Å². The standard InChI is InChI=1S/C30H33ClF2N6O.3ClH/c1-18(19-6-9-38(10-7-19)30-35-15-20(31)16-36-30)8-11-40-22-3-5-28-27(13-22)37-29-14-24(26(34)17-39(28)29)23-12-21(32)2-4-25(23)33;;;/h2-5,12-13,15-16,18-19,24,26H,6-11,14,17,34H2,1H3;3*1H/t18-,24-,26+;;;/m1.../s1. The summed E-state index contributed by atoms with van der Waals surface area (Å²) in [4.78, 5) is 15.7. The third-order valence-electron chi connectivity index (χ3n) is 8.54. The number of nitrogens with zero attached hydrogens (tertiary/aromatic N) is 5. The van der Waals surface area contributed by atoms with Gasteiger partial charge in [-0.2, -0.15) is 0 Å². The molecule has 0 saturated carbocycles. The van der Waals surface area contributed by atoms with Crippen LogP contribution in [0.15, 0.2) is 48.8 Å². The van der Waals surface area contributed by atoms with E-state index in [2.05, 4.69) is 26.4 Å². The Morgan fingerprint density at radius 1 is 1.05 bits per heavy atom. The van der Waals surface area contributed by atoms with Crippen molar-refractivity contribution in [1.29, 1.82) is 0 Å². The van der Waals surface area contributed by atoms with E-state index in [9.17, 15) is 8.78 Å². The second-order valence-corrected chi connectivity index (χ2v) is 11.5. The van der Waals surface area contributed by atoms with E-state index in [4.69, 9.17) is 27.1 Å². The maximum Gasteiger partial charge on any atom is 0.225 e. The van der Waals surface area contributed by atoms with Gasteiger partial charge in [0.1, 0.15) is 23.2 Å². The summed E-state index contributed by atoms with van der Waals surface area (Å²) in [6.45, 7) is 5.31. The summed E-state index contributed by atoms with van der Waals surface area (Å²) in [7, 11) is 0. The molecule has 4 aromatic rings. The molecule has 0 spiro atoms. The van der Waals surface area contributed by atoms with E-state index in [1.165, 1.54) is 12.1 Å². The minimum Gasteiger partial charge on any atom is -0.494 e. The number of piperidine rings is 1. The van der Waals surface area contributed by atoms with E-state index in [-0.39, 0.29) is 49.2 Å². The number of rotatable bonds is 7. The number of aromatic nitrogens is 4. The van der Waals surface area contributed by atoms with Gasteiger partial charge in [0.05, 0.1) is 35.1 Å². The number of hydrogen-bond acceptors (Lipinski definition) is 6. The fourth-order valence-electron chi connectivity index (χ4n) is 6.17. The van der Waals surface area contributed by atoms with Crippen LogP contribution in [0.25, 0.3) is 11.0 Å². The van der Waals surface area contributed by atoms with Crippen molar-refractivity contribution in [2.75, 3.05) is 24.6 Å². The van der Waals surface area contributed by atoms with Crippen molar-refractivity contribution in [3.63, 3.8) is 0 Å². The van der Waals surface area contributed by atoms with E-state index in [0.717, 1.165) is 67.0 Å². The Balaban J connectivity index is 0.00000169. The van der Waals surface area contributed by atoms with E-state index < -0.39 is 11.6 Å². The third-order valence-corrected chi connectivity index (χ3v) is 8.74. The number of imidazole rings is 1. The van der Waals surface area contributed by atoms with Crippen LogP contribution in [0.3, 0.4) is 0 Å². The van der Waals surface area contributed by atoms with Crippen molar-refractivity contribution in [3.8, 4) is 5.75 Å². The molecule has 0 unspecified atom stereocenters. The molecular formula is C30H36Cl4F2N6O. The summed E-state index contributed by atoms with van der Waals surface area (Å²) >= 11 is 5.91. The first-order valence-electron chi connectivity index (χ1n) is 13.9. The zero-order chi connectivity index (χ0) is 27.8. The quantitative estimate of drug-likeness (QED) is 0.227. The first-order chi connectivity index (χ1) is 19.4. The average Bonchev–Trinajstić information content (AvgIpc) is 3.31. The number of hydrogen-bond donors (Lipinski definition) is 1. The molecule has 2 aliphatic heterocycles. The Labute approximate surface area is 273 Å². The zero-order valence-electron chi connectivity index (χ0n) is 23.7. The van der Waals surface area contributed by atoms with Gasteiger partial charge in [-0.3, -0.25) is 0 Å². The second kappa shape index (κ2) is 15.0. The maximum absolute atomic E-state index is 14.5. The Morgan fingerprint density at radius 3 is 2.49 bits per heavy atom. The molecule has 0 bridgehead atoms. The SMILES string of the molecule is C[C@H](CCOc1ccc2c(c1)nc1n2C[C@H](N)[C@@H](c2cc(F)ccc2F)C1)C1CCN(c2ncc(Cl)cn2)CC1.Cl.Cl.Cl. The fraction of sp³-hybridized carbons (Fsp3) is 0.433. The molecule has 6 rings (SSSR count).